The summed E-state index contributed by atoms with van der Waals surface area (Å²) in [7, 11) is 0. The molecule has 0 aromatic heterocycles. The summed E-state index contributed by atoms with van der Waals surface area (Å²) in [5.74, 6) is -2.34. The molecule has 0 aliphatic carbocycles. The summed E-state index contributed by atoms with van der Waals surface area (Å²) in [6, 6.07) is 2.14. The largest absolute Gasteiger partial charge is 0.507 e. The number of benzene rings is 1. The van der Waals surface area contributed by atoms with Gasteiger partial charge in [-0.2, -0.15) is 39.5 Å². The summed E-state index contributed by atoms with van der Waals surface area (Å²) in [5.41, 5.74) is -4.28. The van der Waals surface area contributed by atoms with Crippen LogP contribution in [0.1, 0.15) is 30.9 Å². The first-order valence-electron chi connectivity index (χ1n) is 8.59. The van der Waals surface area contributed by atoms with E-state index in [9.17, 15) is 54.2 Å². The maximum Gasteiger partial charge on any atom is 0.419 e. The number of phenolic OH excluding ortho intramolecular Hbond substituents is 1. The van der Waals surface area contributed by atoms with Crippen LogP contribution in [0.4, 0.5) is 44.3 Å². The standard InChI is InChI=1S/C18H14F9NO3S/c1-15(6-16(19,20)21,7-17(22,23)24)8-28-13(30)12(32-14(28)31)5-9-2-3-11(29)10(4-9)18(25,26)27/h2-5,29H,6-8H2,1H3/b12-5-. The van der Waals surface area contributed by atoms with Crippen LogP contribution in [0.3, 0.4) is 0 Å². The van der Waals surface area contributed by atoms with Gasteiger partial charge in [-0.1, -0.05) is 13.0 Å². The van der Waals surface area contributed by atoms with E-state index in [1.54, 1.807) is 0 Å². The van der Waals surface area contributed by atoms with Crippen LogP contribution < -0.4 is 0 Å². The summed E-state index contributed by atoms with van der Waals surface area (Å²) >= 11 is 0.163. The van der Waals surface area contributed by atoms with Gasteiger partial charge in [-0.15, -0.1) is 0 Å². The van der Waals surface area contributed by atoms with Crippen LogP contribution in [-0.4, -0.2) is 40.1 Å². The number of hydrogen-bond acceptors (Lipinski definition) is 4. The molecule has 2 rings (SSSR count). The molecule has 1 fully saturated rings. The van der Waals surface area contributed by atoms with Crippen molar-refractivity contribution < 1.29 is 54.2 Å². The van der Waals surface area contributed by atoms with Gasteiger partial charge in [0.2, 0.25) is 0 Å². The van der Waals surface area contributed by atoms with E-state index in [0.29, 0.717) is 19.1 Å². The lowest BCUT2D eigenvalue weighted by Crippen LogP contribution is -2.43. The molecule has 2 amide bonds. The molecule has 0 unspecified atom stereocenters. The molecule has 32 heavy (non-hydrogen) atoms. The van der Waals surface area contributed by atoms with Crippen LogP contribution in [0, 0.1) is 5.41 Å². The van der Waals surface area contributed by atoms with Gasteiger partial charge in [-0.25, -0.2) is 0 Å². The van der Waals surface area contributed by atoms with Gasteiger partial charge in [0.25, 0.3) is 11.1 Å². The minimum atomic E-state index is -5.02. The number of rotatable bonds is 5. The number of phenols is 1. The topological polar surface area (TPSA) is 57.6 Å². The first kappa shape index (κ1) is 25.9. The molecule has 1 aliphatic heterocycles. The fourth-order valence-electron chi connectivity index (χ4n) is 3.18. The van der Waals surface area contributed by atoms with Gasteiger partial charge < -0.3 is 5.11 Å². The minimum Gasteiger partial charge on any atom is -0.507 e. The fraction of sp³-hybridized carbons (Fsp3) is 0.444. The molecule has 1 heterocycles. The summed E-state index contributed by atoms with van der Waals surface area (Å²) < 4.78 is 116. The Morgan fingerprint density at radius 2 is 1.50 bits per heavy atom. The van der Waals surface area contributed by atoms with E-state index >= 15 is 0 Å². The van der Waals surface area contributed by atoms with Crippen molar-refractivity contribution in [3.8, 4) is 5.75 Å². The van der Waals surface area contributed by atoms with E-state index in [1.807, 2.05) is 0 Å². The Balaban J connectivity index is 2.34. The molecule has 1 aliphatic rings. The van der Waals surface area contributed by atoms with E-state index < -0.39 is 70.7 Å². The Morgan fingerprint density at radius 1 is 0.969 bits per heavy atom. The number of aromatic hydroxyl groups is 1. The molecule has 1 saturated heterocycles. The Morgan fingerprint density at radius 3 is 1.97 bits per heavy atom. The second kappa shape index (κ2) is 8.52. The molecule has 0 radical (unpaired) electrons. The van der Waals surface area contributed by atoms with Gasteiger partial charge >= 0.3 is 18.5 Å². The summed E-state index contributed by atoms with van der Waals surface area (Å²) in [6.07, 6.45) is -18.0. The maximum atomic E-state index is 12.9. The Hall–Kier alpha value is -2.38. The molecular formula is C18H14F9NO3S. The number of imide groups is 1. The van der Waals surface area contributed by atoms with Crippen LogP contribution in [-0.2, 0) is 11.0 Å². The van der Waals surface area contributed by atoms with Crippen LogP contribution in [0.5, 0.6) is 5.75 Å². The predicted octanol–water partition coefficient (Wildman–Crippen LogP) is 6.36. The van der Waals surface area contributed by atoms with Crippen molar-refractivity contribution in [2.75, 3.05) is 6.54 Å². The fourth-order valence-corrected chi connectivity index (χ4v) is 4.02. The average molecular weight is 495 g/mol. The lowest BCUT2D eigenvalue weighted by atomic mass is 9.82. The summed E-state index contributed by atoms with van der Waals surface area (Å²) in [6.45, 7) is -0.562. The first-order chi connectivity index (χ1) is 14.3. The van der Waals surface area contributed by atoms with Gasteiger partial charge in [0.15, 0.2) is 0 Å². The number of thioether (sulfide) groups is 1. The number of alkyl halides is 9. The van der Waals surface area contributed by atoms with Crippen molar-refractivity contribution in [2.45, 2.75) is 38.3 Å². The maximum absolute atomic E-state index is 12.9. The third-order valence-electron chi connectivity index (χ3n) is 4.29. The smallest absolute Gasteiger partial charge is 0.419 e. The molecule has 4 nitrogen and oxygen atoms in total. The van der Waals surface area contributed by atoms with E-state index in [-0.39, 0.29) is 22.2 Å². The van der Waals surface area contributed by atoms with Crippen molar-refractivity contribution in [3.63, 3.8) is 0 Å². The molecule has 14 heteroatoms. The third-order valence-corrected chi connectivity index (χ3v) is 5.20. The number of hydrogen-bond donors (Lipinski definition) is 1. The van der Waals surface area contributed by atoms with Crippen molar-refractivity contribution in [2.24, 2.45) is 5.41 Å². The van der Waals surface area contributed by atoms with Gasteiger partial charge in [0.05, 0.1) is 23.3 Å². The zero-order valence-electron chi connectivity index (χ0n) is 16.0. The van der Waals surface area contributed by atoms with Crippen molar-refractivity contribution in [1.29, 1.82) is 0 Å². The van der Waals surface area contributed by atoms with Crippen LogP contribution >= 0.6 is 11.8 Å². The molecular weight excluding hydrogens is 481 g/mol. The van der Waals surface area contributed by atoms with Crippen molar-refractivity contribution >= 4 is 29.0 Å². The van der Waals surface area contributed by atoms with Crippen LogP contribution in [0.2, 0.25) is 0 Å². The Labute approximate surface area is 179 Å². The van der Waals surface area contributed by atoms with Crippen molar-refractivity contribution in [3.05, 3.63) is 34.2 Å². The Kier molecular flexibility index (Phi) is 6.89. The number of carbonyl (C=O) groups is 2. The van der Waals surface area contributed by atoms with Crippen LogP contribution in [0.25, 0.3) is 6.08 Å². The van der Waals surface area contributed by atoms with Crippen LogP contribution in [0.15, 0.2) is 23.1 Å². The van der Waals surface area contributed by atoms with Gasteiger partial charge in [0, 0.05) is 12.0 Å². The summed E-state index contributed by atoms with van der Waals surface area (Å²) in [5, 5.41) is 8.16. The third kappa shape index (κ3) is 6.81. The molecule has 0 bridgehead atoms. The molecule has 0 spiro atoms. The van der Waals surface area contributed by atoms with Gasteiger partial charge in [-0.3, -0.25) is 14.5 Å². The first-order valence-corrected chi connectivity index (χ1v) is 9.40. The Bertz CT molecular complexity index is 919. The van der Waals surface area contributed by atoms with E-state index in [2.05, 4.69) is 0 Å². The average Bonchev–Trinajstić information content (AvgIpc) is 2.79. The van der Waals surface area contributed by atoms with Gasteiger partial charge in [0.1, 0.15) is 5.75 Å². The monoisotopic (exact) mass is 495 g/mol. The molecule has 0 atom stereocenters. The molecule has 178 valence electrons. The summed E-state index contributed by atoms with van der Waals surface area (Å²) in [4.78, 5) is 24.3. The molecule has 1 aromatic carbocycles. The quantitative estimate of drug-likeness (QED) is 0.382. The lowest BCUT2D eigenvalue weighted by molar-refractivity contribution is -0.194. The van der Waals surface area contributed by atoms with E-state index in [0.717, 1.165) is 12.1 Å². The highest BCUT2D eigenvalue weighted by atomic mass is 32.2. The predicted molar refractivity (Wildman–Crippen MR) is 95.2 cm³/mol. The zero-order chi connectivity index (χ0) is 24.7. The minimum absolute atomic E-state index is 0.163. The lowest BCUT2D eigenvalue weighted by Gasteiger charge is -2.34. The second-order valence-electron chi connectivity index (χ2n) is 7.44. The highest BCUT2D eigenvalue weighted by Gasteiger charge is 2.49. The van der Waals surface area contributed by atoms with Gasteiger partial charge in [-0.05, 0) is 35.5 Å². The SMILES string of the molecule is CC(CN1C(=O)S/C(=C\c2ccc(O)c(C(F)(F)F)c2)C1=O)(CC(F)(F)F)CC(F)(F)F. The molecule has 1 aromatic rings. The molecule has 1 N–H and O–H groups in total. The zero-order valence-corrected chi connectivity index (χ0v) is 16.8. The molecule has 0 saturated carbocycles. The highest BCUT2D eigenvalue weighted by Crippen LogP contribution is 2.44. The number of amides is 2. The highest BCUT2D eigenvalue weighted by molar-refractivity contribution is 8.18. The normalized spacial score (nSPS) is 17.6. The second-order valence-corrected chi connectivity index (χ2v) is 8.43. The number of carbonyl (C=O) groups excluding carboxylic acids is 2. The van der Waals surface area contributed by atoms with E-state index in [4.69, 9.17) is 0 Å². The number of halogens is 9. The van der Waals surface area contributed by atoms with Crippen molar-refractivity contribution in [1.82, 2.24) is 4.90 Å². The number of nitrogens with zero attached hydrogens (tertiary/aromatic N) is 1. The van der Waals surface area contributed by atoms with E-state index in [1.165, 1.54) is 0 Å².